The molecule has 0 aromatic heterocycles. The van der Waals surface area contributed by atoms with Crippen molar-refractivity contribution in [1.29, 1.82) is 0 Å². The summed E-state index contributed by atoms with van der Waals surface area (Å²) >= 11 is 6.20. The fraction of sp³-hybridized carbons (Fsp3) is 0.321. The summed E-state index contributed by atoms with van der Waals surface area (Å²) in [6, 6.07) is 15.2. The molecule has 3 nitrogen and oxygen atoms in total. The molecule has 3 rings (SSSR count). The van der Waals surface area contributed by atoms with E-state index in [1.165, 1.54) is 24.1 Å². The lowest BCUT2D eigenvalue weighted by molar-refractivity contribution is -0.137. The Balaban J connectivity index is 1.94. The molecule has 0 saturated carbocycles. The second-order valence-corrected chi connectivity index (χ2v) is 10.1. The lowest BCUT2D eigenvalue weighted by Crippen LogP contribution is -2.33. The molecule has 3 aromatic rings. The van der Waals surface area contributed by atoms with Gasteiger partial charge in [-0.05, 0) is 46.7 Å². The zero-order valence-electron chi connectivity index (χ0n) is 20.6. The molecule has 0 radical (unpaired) electrons. The van der Waals surface area contributed by atoms with Crippen LogP contribution in [0, 0.1) is 5.82 Å². The molecule has 0 aliphatic carbocycles. The topological polar surface area (TPSA) is 32.3 Å². The van der Waals surface area contributed by atoms with Gasteiger partial charge in [0.1, 0.15) is 5.82 Å². The van der Waals surface area contributed by atoms with Crippen molar-refractivity contribution in [2.24, 2.45) is 0 Å². The van der Waals surface area contributed by atoms with E-state index < -0.39 is 23.5 Å². The number of anilines is 1. The summed E-state index contributed by atoms with van der Waals surface area (Å²) < 4.78 is 54.3. The predicted octanol–water partition coefficient (Wildman–Crippen LogP) is 7.72. The number of alkyl halides is 3. The summed E-state index contributed by atoms with van der Waals surface area (Å²) in [6.45, 7) is 6.50. The number of benzene rings is 3. The number of rotatable bonds is 7. The van der Waals surface area contributed by atoms with E-state index in [1.807, 2.05) is 24.3 Å². The molecule has 0 atom stereocenters. The van der Waals surface area contributed by atoms with Crippen molar-refractivity contribution in [3.63, 3.8) is 0 Å². The summed E-state index contributed by atoms with van der Waals surface area (Å²) in [5, 5.41) is 2.97. The molecule has 0 bridgehead atoms. The fourth-order valence-corrected chi connectivity index (χ4v) is 4.17. The van der Waals surface area contributed by atoms with Crippen molar-refractivity contribution >= 4 is 23.2 Å². The first-order valence-corrected chi connectivity index (χ1v) is 11.9. The van der Waals surface area contributed by atoms with Gasteiger partial charge in [0.25, 0.3) is 5.91 Å². The largest absolute Gasteiger partial charge is 0.416 e. The molecule has 8 heteroatoms. The molecule has 1 N–H and O–H groups in total. The first kappa shape index (κ1) is 27.5. The highest BCUT2D eigenvalue weighted by Gasteiger charge is 2.30. The third-order valence-corrected chi connectivity index (χ3v) is 6.29. The Bertz CT molecular complexity index is 1220. The Kier molecular flexibility index (Phi) is 8.34. The van der Waals surface area contributed by atoms with Crippen LogP contribution in [0.3, 0.4) is 0 Å². The lowest BCUT2D eigenvalue weighted by atomic mass is 9.87. The van der Waals surface area contributed by atoms with Gasteiger partial charge in [-0.15, -0.1) is 0 Å². The lowest BCUT2D eigenvalue weighted by Gasteiger charge is -2.26. The van der Waals surface area contributed by atoms with Gasteiger partial charge in [0.2, 0.25) is 0 Å². The summed E-state index contributed by atoms with van der Waals surface area (Å²) in [5.74, 6) is -1.34. The maximum atomic E-state index is 14.8. The number of carbonyl (C=O) groups is 1. The summed E-state index contributed by atoms with van der Waals surface area (Å²) in [4.78, 5) is 15.0. The van der Waals surface area contributed by atoms with Gasteiger partial charge in [0.05, 0.1) is 21.8 Å². The molecule has 192 valence electrons. The van der Waals surface area contributed by atoms with E-state index in [4.69, 9.17) is 11.6 Å². The zero-order valence-corrected chi connectivity index (χ0v) is 21.4. The molecule has 0 saturated heterocycles. The number of hydrogen-bond donors (Lipinski definition) is 1. The van der Waals surface area contributed by atoms with E-state index in [0.717, 1.165) is 29.3 Å². The van der Waals surface area contributed by atoms with Crippen molar-refractivity contribution in [3.05, 3.63) is 99.3 Å². The number of hydrogen-bond acceptors (Lipinski definition) is 2. The Morgan fingerprint density at radius 1 is 0.944 bits per heavy atom. The van der Waals surface area contributed by atoms with Crippen LogP contribution < -0.4 is 5.32 Å². The summed E-state index contributed by atoms with van der Waals surface area (Å²) in [6.07, 6.45) is -4.31. The van der Waals surface area contributed by atoms with Crippen molar-refractivity contribution in [2.75, 3.05) is 18.9 Å². The molecule has 0 fully saturated rings. The van der Waals surface area contributed by atoms with Crippen LogP contribution in [0.5, 0.6) is 0 Å². The van der Waals surface area contributed by atoms with Gasteiger partial charge in [0.15, 0.2) is 0 Å². The van der Waals surface area contributed by atoms with Gasteiger partial charge in [0, 0.05) is 20.1 Å². The molecule has 0 aliphatic rings. The second-order valence-electron chi connectivity index (χ2n) is 9.65. The molecule has 0 heterocycles. The Morgan fingerprint density at radius 2 is 1.61 bits per heavy atom. The fourth-order valence-electron chi connectivity index (χ4n) is 3.91. The van der Waals surface area contributed by atoms with E-state index in [9.17, 15) is 22.4 Å². The minimum absolute atomic E-state index is 0.0524. The van der Waals surface area contributed by atoms with Gasteiger partial charge < -0.3 is 10.2 Å². The van der Waals surface area contributed by atoms with Crippen molar-refractivity contribution in [1.82, 2.24) is 4.90 Å². The third-order valence-electron chi connectivity index (χ3n) is 5.97. The molecule has 3 aromatic carbocycles. The highest BCUT2D eigenvalue weighted by molar-refractivity contribution is 6.34. The Morgan fingerprint density at radius 3 is 2.19 bits per heavy atom. The maximum absolute atomic E-state index is 14.8. The van der Waals surface area contributed by atoms with Crippen LogP contribution in [0.2, 0.25) is 5.02 Å². The van der Waals surface area contributed by atoms with Crippen LogP contribution in [0.25, 0.3) is 0 Å². The minimum Gasteiger partial charge on any atom is -0.386 e. The van der Waals surface area contributed by atoms with Crippen LogP contribution in [-0.2, 0) is 24.6 Å². The first-order valence-electron chi connectivity index (χ1n) is 11.5. The smallest absolute Gasteiger partial charge is 0.386 e. The number of halogens is 5. The predicted molar refractivity (Wildman–Crippen MR) is 136 cm³/mol. The van der Waals surface area contributed by atoms with E-state index in [2.05, 4.69) is 26.1 Å². The van der Waals surface area contributed by atoms with E-state index >= 15 is 0 Å². The van der Waals surface area contributed by atoms with Crippen molar-refractivity contribution in [2.45, 2.75) is 45.3 Å². The number of nitrogens with zero attached hydrogens (tertiary/aromatic N) is 1. The zero-order chi connectivity index (χ0) is 26.7. The van der Waals surface area contributed by atoms with Crippen LogP contribution in [0.1, 0.15) is 53.4 Å². The Labute approximate surface area is 214 Å². The normalized spacial score (nSPS) is 11.9. The molecule has 1 amide bonds. The molecule has 0 unspecified atom stereocenters. The van der Waals surface area contributed by atoms with E-state index in [-0.39, 0.29) is 41.2 Å². The highest BCUT2D eigenvalue weighted by Crippen LogP contribution is 2.31. The summed E-state index contributed by atoms with van der Waals surface area (Å²) in [5.41, 5.74) is 1.50. The number of amides is 1. The minimum atomic E-state index is -4.47. The average molecular weight is 521 g/mol. The van der Waals surface area contributed by atoms with Gasteiger partial charge in [-0.25, -0.2) is 4.39 Å². The first-order chi connectivity index (χ1) is 16.8. The van der Waals surface area contributed by atoms with Crippen LogP contribution >= 0.6 is 11.6 Å². The Hall–Kier alpha value is -3.06. The third kappa shape index (κ3) is 6.58. The van der Waals surface area contributed by atoms with Gasteiger partial charge in [-0.3, -0.25) is 4.79 Å². The van der Waals surface area contributed by atoms with Crippen molar-refractivity contribution in [3.8, 4) is 0 Å². The SMILES string of the molecule is CNc1c(Cl)ccc(F)c1C(=O)N(CCc1cccc(C(F)(F)F)c1)Cc1ccc(C(C)(C)C)cc1. The quantitative estimate of drug-likeness (QED) is 0.323. The molecular weight excluding hydrogens is 492 g/mol. The van der Waals surface area contributed by atoms with Gasteiger partial charge in [-0.2, -0.15) is 13.2 Å². The molecular formula is C28H29ClF4N2O. The van der Waals surface area contributed by atoms with E-state index in [0.29, 0.717) is 5.56 Å². The maximum Gasteiger partial charge on any atom is 0.416 e. The standard InChI is InChI=1S/C28H29ClF4N2O/c1-27(2,3)20-10-8-19(9-11-20)17-35(15-14-18-6-5-7-21(16-18)28(31,32)33)26(36)24-23(30)13-12-22(29)25(24)34-4/h5-13,16,34H,14-15,17H2,1-4H3. The highest BCUT2D eigenvalue weighted by atomic mass is 35.5. The monoisotopic (exact) mass is 520 g/mol. The molecule has 36 heavy (non-hydrogen) atoms. The second kappa shape index (κ2) is 10.9. The number of carbonyl (C=O) groups excluding carboxylic acids is 1. The van der Waals surface area contributed by atoms with Gasteiger partial charge >= 0.3 is 6.18 Å². The van der Waals surface area contributed by atoms with Crippen molar-refractivity contribution < 1.29 is 22.4 Å². The molecule has 0 aliphatic heterocycles. The van der Waals surface area contributed by atoms with Crippen LogP contribution in [0.4, 0.5) is 23.2 Å². The average Bonchev–Trinajstić information content (AvgIpc) is 2.82. The van der Waals surface area contributed by atoms with Gasteiger partial charge in [-0.1, -0.05) is 74.8 Å². The summed E-state index contributed by atoms with van der Waals surface area (Å²) in [7, 11) is 1.54. The van der Waals surface area contributed by atoms with Crippen LogP contribution in [-0.4, -0.2) is 24.4 Å². The van der Waals surface area contributed by atoms with E-state index in [1.54, 1.807) is 6.07 Å². The molecule has 0 spiro atoms. The van der Waals surface area contributed by atoms with Crippen LogP contribution in [0.15, 0.2) is 60.7 Å². The number of nitrogens with one attached hydrogen (secondary N) is 1.